The minimum absolute atomic E-state index is 0.0965. The summed E-state index contributed by atoms with van der Waals surface area (Å²) < 4.78 is 51.1. The van der Waals surface area contributed by atoms with Gasteiger partial charge in [0.05, 0.1) is 30.5 Å². The van der Waals surface area contributed by atoms with Gasteiger partial charge in [0.1, 0.15) is 0 Å². The van der Waals surface area contributed by atoms with E-state index >= 15 is 0 Å². The molecule has 0 saturated heterocycles. The lowest BCUT2D eigenvalue weighted by Crippen LogP contribution is -2.16. The maximum Gasteiger partial charge on any atom is 0.417 e. The number of methoxy groups -OCH3 is 1. The van der Waals surface area contributed by atoms with Crippen LogP contribution in [0.3, 0.4) is 0 Å². The molecule has 3 rings (SSSR count). The lowest BCUT2D eigenvalue weighted by molar-refractivity contribution is -0.138. The molecule has 0 spiro atoms. The SMILES string of the molecule is CC.CCCCCCCCOC(=O)c1ccc(Nc2nc(-c3cnc(OC)nc3)cs2)cc1C(F)(F)F. The average molecular weight is 539 g/mol. The molecule has 3 aromatic rings. The van der Waals surface area contributed by atoms with Gasteiger partial charge in [-0.1, -0.05) is 52.9 Å². The highest BCUT2D eigenvalue weighted by atomic mass is 32.1. The Labute approximate surface area is 219 Å². The van der Waals surface area contributed by atoms with Gasteiger partial charge in [-0.05, 0) is 24.6 Å². The molecule has 0 atom stereocenters. The smallest absolute Gasteiger partial charge is 0.417 e. The predicted molar refractivity (Wildman–Crippen MR) is 139 cm³/mol. The highest BCUT2D eigenvalue weighted by Crippen LogP contribution is 2.35. The third kappa shape index (κ3) is 9.31. The number of hydrogen-bond donors (Lipinski definition) is 1. The first-order chi connectivity index (χ1) is 17.8. The summed E-state index contributed by atoms with van der Waals surface area (Å²) in [5, 5.41) is 4.97. The van der Waals surface area contributed by atoms with Crippen LogP contribution < -0.4 is 10.1 Å². The van der Waals surface area contributed by atoms with Crippen LogP contribution in [0.4, 0.5) is 24.0 Å². The molecule has 2 heterocycles. The number of anilines is 2. The van der Waals surface area contributed by atoms with Gasteiger partial charge in [-0.3, -0.25) is 0 Å². The van der Waals surface area contributed by atoms with Crippen LogP contribution in [-0.2, 0) is 10.9 Å². The van der Waals surface area contributed by atoms with Crippen LogP contribution in [0.15, 0.2) is 36.0 Å². The summed E-state index contributed by atoms with van der Waals surface area (Å²) in [4.78, 5) is 24.8. The molecule has 2 aromatic heterocycles. The van der Waals surface area contributed by atoms with Crippen LogP contribution in [0.1, 0.15) is 75.2 Å². The Morgan fingerprint density at radius 1 is 1.05 bits per heavy atom. The molecular weight excluding hydrogens is 505 g/mol. The molecule has 7 nitrogen and oxygen atoms in total. The van der Waals surface area contributed by atoms with E-state index in [-0.39, 0.29) is 18.3 Å². The summed E-state index contributed by atoms with van der Waals surface area (Å²) in [5.74, 6) is -0.978. The summed E-state index contributed by atoms with van der Waals surface area (Å²) in [6, 6.07) is 3.63. The van der Waals surface area contributed by atoms with E-state index < -0.39 is 23.3 Å². The Balaban J connectivity index is 0.00000235. The van der Waals surface area contributed by atoms with Crippen molar-refractivity contribution in [3.63, 3.8) is 0 Å². The number of nitrogens with one attached hydrogen (secondary N) is 1. The fraction of sp³-hybridized carbons (Fsp3) is 0.462. The zero-order valence-corrected chi connectivity index (χ0v) is 22.3. The van der Waals surface area contributed by atoms with Gasteiger partial charge >= 0.3 is 18.2 Å². The van der Waals surface area contributed by atoms with E-state index in [1.165, 1.54) is 36.9 Å². The molecule has 0 fully saturated rings. The van der Waals surface area contributed by atoms with Crippen LogP contribution in [0.25, 0.3) is 11.3 Å². The quantitative estimate of drug-likeness (QED) is 0.185. The summed E-state index contributed by atoms with van der Waals surface area (Å²) >= 11 is 1.21. The Kier molecular flexibility index (Phi) is 12.3. The number of esters is 1. The van der Waals surface area contributed by atoms with E-state index in [4.69, 9.17) is 9.47 Å². The number of carbonyl (C=O) groups excluding carboxylic acids is 1. The Morgan fingerprint density at radius 3 is 2.38 bits per heavy atom. The third-order valence-corrected chi connectivity index (χ3v) is 5.90. The number of nitrogens with zero attached hydrogens (tertiary/aromatic N) is 3. The molecule has 0 radical (unpaired) electrons. The highest BCUT2D eigenvalue weighted by Gasteiger charge is 2.36. The third-order valence-electron chi connectivity index (χ3n) is 5.14. The first-order valence-electron chi connectivity index (χ1n) is 12.3. The van der Waals surface area contributed by atoms with Gasteiger partial charge in [-0.15, -0.1) is 11.3 Å². The second-order valence-corrected chi connectivity index (χ2v) is 8.64. The van der Waals surface area contributed by atoms with Crippen molar-refractivity contribution >= 4 is 28.1 Å². The molecule has 37 heavy (non-hydrogen) atoms. The van der Waals surface area contributed by atoms with Gasteiger partial charge in [-0.2, -0.15) is 13.2 Å². The van der Waals surface area contributed by atoms with Crippen LogP contribution >= 0.6 is 11.3 Å². The van der Waals surface area contributed by atoms with Crippen molar-refractivity contribution in [3.05, 3.63) is 47.1 Å². The molecule has 0 saturated carbocycles. The molecule has 11 heteroatoms. The topological polar surface area (TPSA) is 86.2 Å². The van der Waals surface area contributed by atoms with E-state index in [1.54, 1.807) is 5.38 Å². The van der Waals surface area contributed by atoms with Crippen LogP contribution in [0.5, 0.6) is 6.01 Å². The molecule has 0 amide bonds. The highest BCUT2D eigenvalue weighted by molar-refractivity contribution is 7.14. The van der Waals surface area contributed by atoms with E-state index in [0.29, 0.717) is 22.8 Å². The van der Waals surface area contributed by atoms with Gasteiger partial charge in [-0.25, -0.2) is 19.7 Å². The van der Waals surface area contributed by atoms with Crippen molar-refractivity contribution in [1.82, 2.24) is 15.0 Å². The summed E-state index contributed by atoms with van der Waals surface area (Å²) in [6.07, 6.45) is 4.25. The van der Waals surface area contributed by atoms with E-state index in [2.05, 4.69) is 27.2 Å². The second kappa shape index (κ2) is 15.1. The monoisotopic (exact) mass is 538 g/mol. The molecule has 0 unspecified atom stereocenters. The van der Waals surface area contributed by atoms with Gasteiger partial charge in [0.25, 0.3) is 0 Å². The lowest BCUT2D eigenvalue weighted by Gasteiger charge is -2.14. The summed E-state index contributed by atoms with van der Waals surface area (Å²) in [7, 11) is 1.45. The minimum Gasteiger partial charge on any atom is -0.467 e. The van der Waals surface area contributed by atoms with Crippen LogP contribution in [-0.4, -0.2) is 34.6 Å². The normalized spacial score (nSPS) is 10.9. The zero-order valence-electron chi connectivity index (χ0n) is 21.5. The Morgan fingerprint density at radius 2 is 1.73 bits per heavy atom. The number of aromatic nitrogens is 3. The maximum absolute atomic E-state index is 13.7. The first-order valence-corrected chi connectivity index (χ1v) is 13.2. The van der Waals surface area contributed by atoms with Crippen LogP contribution in [0.2, 0.25) is 0 Å². The van der Waals surface area contributed by atoms with Gasteiger partial charge in [0.15, 0.2) is 5.13 Å². The average Bonchev–Trinajstić information content (AvgIpc) is 3.37. The fourth-order valence-electron chi connectivity index (χ4n) is 3.30. The summed E-state index contributed by atoms with van der Waals surface area (Å²) in [5.41, 5.74) is -0.225. The standard InChI is InChI=1S/C24H27F3N4O3S.C2H6/c1-3-4-5-6-7-8-11-34-21(32)18-10-9-17(12-19(18)24(25,26)27)30-23-31-20(15-35-23)16-13-28-22(33-2)29-14-16;1-2/h9-10,12-15H,3-8,11H2,1-2H3,(H,30,31);1-2H3. The molecule has 0 aliphatic carbocycles. The number of unbranched alkanes of at least 4 members (excludes halogenated alkanes) is 5. The molecule has 0 aliphatic heterocycles. The molecular formula is C26H33F3N4O3S. The predicted octanol–water partition coefficient (Wildman–Crippen LogP) is 7.91. The molecule has 202 valence electrons. The van der Waals surface area contributed by atoms with E-state index in [1.807, 2.05) is 13.8 Å². The zero-order chi connectivity index (χ0) is 27.3. The van der Waals surface area contributed by atoms with Crippen molar-refractivity contribution in [1.29, 1.82) is 0 Å². The van der Waals surface area contributed by atoms with Crippen molar-refractivity contribution in [2.45, 2.75) is 65.5 Å². The van der Waals surface area contributed by atoms with E-state index in [9.17, 15) is 18.0 Å². The lowest BCUT2D eigenvalue weighted by atomic mass is 10.1. The number of thiazole rings is 1. The summed E-state index contributed by atoms with van der Waals surface area (Å²) in [6.45, 7) is 6.21. The van der Waals surface area contributed by atoms with Gasteiger partial charge in [0.2, 0.25) is 0 Å². The number of halogens is 3. The first kappa shape index (κ1) is 30.0. The van der Waals surface area contributed by atoms with Gasteiger partial charge < -0.3 is 14.8 Å². The largest absolute Gasteiger partial charge is 0.467 e. The number of hydrogen-bond acceptors (Lipinski definition) is 8. The fourth-order valence-corrected chi connectivity index (χ4v) is 4.04. The van der Waals surface area contributed by atoms with Crippen LogP contribution in [0, 0.1) is 0 Å². The van der Waals surface area contributed by atoms with Crippen molar-refractivity contribution in [2.75, 3.05) is 19.0 Å². The molecule has 1 N–H and O–H groups in total. The Hall–Kier alpha value is -3.21. The van der Waals surface area contributed by atoms with Crippen molar-refractivity contribution < 1.29 is 27.4 Å². The second-order valence-electron chi connectivity index (χ2n) is 7.78. The Bertz CT molecular complexity index is 1110. The number of rotatable bonds is 12. The van der Waals surface area contributed by atoms with E-state index in [0.717, 1.165) is 44.2 Å². The number of benzene rings is 1. The van der Waals surface area contributed by atoms with Crippen molar-refractivity contribution in [2.24, 2.45) is 0 Å². The maximum atomic E-state index is 13.7. The number of alkyl halides is 3. The minimum atomic E-state index is -4.72. The molecule has 0 bridgehead atoms. The molecule has 0 aliphatic rings. The number of carbonyl (C=O) groups is 1. The van der Waals surface area contributed by atoms with Crippen molar-refractivity contribution in [3.8, 4) is 17.3 Å². The molecule has 1 aromatic carbocycles. The van der Waals surface area contributed by atoms with Gasteiger partial charge in [0, 0.05) is 29.0 Å². The number of ether oxygens (including phenoxy) is 2.